The monoisotopic (exact) mass is 357 g/mol. The normalized spacial score (nSPS) is 10.4. The predicted octanol–water partition coefficient (Wildman–Crippen LogP) is 4.35. The Balaban J connectivity index is 2.18. The maximum Gasteiger partial charge on any atom is 0.272 e. The summed E-state index contributed by atoms with van der Waals surface area (Å²) in [4.78, 5) is 10.00. The summed E-state index contributed by atoms with van der Waals surface area (Å²) in [7, 11) is 0. The molecule has 0 amide bonds. The second-order valence-corrected chi connectivity index (χ2v) is 4.81. The van der Waals surface area contributed by atoms with Crippen molar-refractivity contribution < 1.29 is 18.4 Å². The maximum atomic E-state index is 13.3. The second-order valence-electron chi connectivity index (χ2n) is 4.25. The molecule has 0 bridgehead atoms. The van der Waals surface area contributed by atoms with E-state index in [1.165, 1.54) is 24.3 Å². The molecule has 0 atom stereocenters. The highest BCUT2D eigenvalue weighted by molar-refractivity contribution is 9.08. The van der Waals surface area contributed by atoms with Gasteiger partial charge in [-0.05, 0) is 29.8 Å². The molecule has 0 N–H and O–H groups in total. The van der Waals surface area contributed by atoms with Gasteiger partial charge in [-0.15, -0.1) is 0 Å². The van der Waals surface area contributed by atoms with E-state index < -0.39 is 16.6 Å². The van der Waals surface area contributed by atoms with E-state index in [1.54, 1.807) is 0 Å². The third kappa shape index (κ3) is 3.98. The van der Waals surface area contributed by atoms with Crippen molar-refractivity contribution in [3.8, 4) is 5.75 Å². The average molecular weight is 358 g/mol. The van der Waals surface area contributed by atoms with Gasteiger partial charge in [0.2, 0.25) is 0 Å². The first-order valence-corrected chi connectivity index (χ1v) is 7.03. The van der Waals surface area contributed by atoms with Crippen LogP contribution in [0.25, 0.3) is 0 Å². The van der Waals surface area contributed by atoms with E-state index in [0.717, 1.165) is 12.1 Å². The van der Waals surface area contributed by atoms with Gasteiger partial charge in [-0.3, -0.25) is 10.1 Å². The molecule has 2 rings (SSSR count). The highest BCUT2D eigenvalue weighted by Crippen LogP contribution is 2.24. The molecule has 2 aromatic carbocycles. The Morgan fingerprint density at radius 1 is 1.14 bits per heavy atom. The number of ether oxygens (including phenoxy) is 1. The Morgan fingerprint density at radius 2 is 1.90 bits per heavy atom. The van der Waals surface area contributed by atoms with Gasteiger partial charge in [-0.1, -0.05) is 15.9 Å². The smallest absolute Gasteiger partial charge is 0.272 e. The van der Waals surface area contributed by atoms with Crippen molar-refractivity contribution in [2.24, 2.45) is 0 Å². The number of nitro groups is 1. The quantitative estimate of drug-likeness (QED) is 0.454. The Labute approximate surface area is 127 Å². The molecular formula is C14H10BrF2NO3. The lowest BCUT2D eigenvalue weighted by molar-refractivity contribution is -0.385. The Bertz CT molecular complexity index is 679. The Hall–Kier alpha value is -2.02. The fourth-order valence-electron chi connectivity index (χ4n) is 1.78. The topological polar surface area (TPSA) is 52.4 Å². The van der Waals surface area contributed by atoms with Crippen molar-refractivity contribution in [3.05, 3.63) is 69.3 Å². The molecule has 7 heteroatoms. The summed E-state index contributed by atoms with van der Waals surface area (Å²) in [6.45, 7) is -0.0514. The number of rotatable bonds is 5. The molecule has 4 nitrogen and oxygen atoms in total. The molecule has 0 unspecified atom stereocenters. The lowest BCUT2D eigenvalue weighted by atomic mass is 10.2. The van der Waals surface area contributed by atoms with Gasteiger partial charge in [0.25, 0.3) is 5.69 Å². The standard InChI is InChI=1S/C14H10BrF2NO3/c15-7-10-5-11(16)1-2-14(10)21-8-9-3-12(17)6-13(4-9)18(19)20/h1-6H,7-8H2. The SMILES string of the molecule is O=[N+]([O-])c1cc(F)cc(COc2ccc(F)cc2CBr)c1. The fraction of sp³-hybridized carbons (Fsp3) is 0.143. The molecule has 0 aliphatic carbocycles. The van der Waals surface area contributed by atoms with Crippen molar-refractivity contribution in [3.63, 3.8) is 0 Å². The van der Waals surface area contributed by atoms with Crippen LogP contribution in [0.15, 0.2) is 36.4 Å². The fourth-order valence-corrected chi connectivity index (χ4v) is 2.21. The van der Waals surface area contributed by atoms with Crippen LogP contribution in [-0.2, 0) is 11.9 Å². The number of benzene rings is 2. The van der Waals surface area contributed by atoms with Crippen LogP contribution < -0.4 is 4.74 Å². The minimum absolute atomic E-state index is 0.0514. The van der Waals surface area contributed by atoms with E-state index in [2.05, 4.69) is 15.9 Å². The van der Waals surface area contributed by atoms with Crippen molar-refractivity contribution in [1.82, 2.24) is 0 Å². The molecular weight excluding hydrogens is 348 g/mol. The maximum absolute atomic E-state index is 13.3. The third-order valence-electron chi connectivity index (χ3n) is 2.71. The van der Waals surface area contributed by atoms with Crippen LogP contribution in [0.2, 0.25) is 0 Å². The summed E-state index contributed by atoms with van der Waals surface area (Å²) in [5.41, 5.74) is 0.584. The highest BCUT2D eigenvalue weighted by Gasteiger charge is 2.11. The van der Waals surface area contributed by atoms with Crippen molar-refractivity contribution in [2.45, 2.75) is 11.9 Å². The van der Waals surface area contributed by atoms with Crippen LogP contribution in [0.3, 0.4) is 0 Å². The molecule has 21 heavy (non-hydrogen) atoms. The molecule has 0 aliphatic rings. The number of halogens is 3. The zero-order valence-corrected chi connectivity index (χ0v) is 12.3. The lowest BCUT2D eigenvalue weighted by Crippen LogP contribution is -2.00. The van der Waals surface area contributed by atoms with Gasteiger partial charge in [0.05, 0.1) is 11.0 Å². The van der Waals surface area contributed by atoms with Crippen LogP contribution >= 0.6 is 15.9 Å². The number of nitro benzene ring substituents is 1. The van der Waals surface area contributed by atoms with Gasteiger partial charge < -0.3 is 4.74 Å². The summed E-state index contributed by atoms with van der Waals surface area (Å²) < 4.78 is 31.9. The van der Waals surface area contributed by atoms with Crippen LogP contribution in [0, 0.1) is 21.7 Å². The molecule has 2 aromatic rings. The van der Waals surface area contributed by atoms with E-state index in [1.807, 2.05) is 0 Å². The van der Waals surface area contributed by atoms with Crippen LogP contribution in [0.1, 0.15) is 11.1 Å². The summed E-state index contributed by atoms with van der Waals surface area (Å²) in [6.07, 6.45) is 0. The minimum atomic E-state index is -0.706. The minimum Gasteiger partial charge on any atom is -0.489 e. The number of hydrogen-bond donors (Lipinski definition) is 0. The molecule has 0 saturated carbocycles. The van der Waals surface area contributed by atoms with Crippen LogP contribution in [0.5, 0.6) is 5.75 Å². The largest absolute Gasteiger partial charge is 0.489 e. The average Bonchev–Trinajstić information content (AvgIpc) is 2.45. The van der Waals surface area contributed by atoms with Gasteiger partial charge in [-0.2, -0.15) is 0 Å². The summed E-state index contributed by atoms with van der Waals surface area (Å²) in [5, 5.41) is 11.1. The predicted molar refractivity (Wildman–Crippen MR) is 76.4 cm³/mol. The summed E-state index contributed by atoms with van der Waals surface area (Å²) >= 11 is 3.22. The molecule has 0 aliphatic heterocycles. The molecule has 110 valence electrons. The molecule has 0 spiro atoms. The van der Waals surface area contributed by atoms with Crippen LogP contribution in [0.4, 0.5) is 14.5 Å². The zero-order valence-electron chi connectivity index (χ0n) is 10.7. The first-order chi connectivity index (χ1) is 9.99. The number of non-ortho nitro benzene ring substituents is 1. The van der Waals surface area contributed by atoms with Gasteiger partial charge in [0, 0.05) is 17.0 Å². The zero-order chi connectivity index (χ0) is 15.4. The van der Waals surface area contributed by atoms with Crippen LogP contribution in [-0.4, -0.2) is 4.92 Å². The summed E-state index contributed by atoms with van der Waals surface area (Å²) in [5.74, 6) is -0.666. The molecule has 0 fully saturated rings. The number of alkyl halides is 1. The third-order valence-corrected chi connectivity index (χ3v) is 3.32. The lowest BCUT2D eigenvalue weighted by Gasteiger charge is -2.10. The molecule has 0 radical (unpaired) electrons. The van der Waals surface area contributed by atoms with E-state index in [4.69, 9.17) is 4.74 Å². The molecule has 0 aromatic heterocycles. The van der Waals surface area contributed by atoms with E-state index >= 15 is 0 Å². The van der Waals surface area contributed by atoms with Gasteiger partial charge in [0.15, 0.2) is 0 Å². The first-order valence-electron chi connectivity index (χ1n) is 5.90. The van der Waals surface area contributed by atoms with Gasteiger partial charge in [-0.25, -0.2) is 8.78 Å². The van der Waals surface area contributed by atoms with Gasteiger partial charge >= 0.3 is 0 Å². The number of hydrogen-bond acceptors (Lipinski definition) is 3. The van der Waals surface area contributed by atoms with Crippen molar-refractivity contribution >= 4 is 21.6 Å². The Morgan fingerprint density at radius 3 is 2.57 bits per heavy atom. The van der Waals surface area contributed by atoms with Gasteiger partial charge in [0.1, 0.15) is 24.0 Å². The molecule has 0 saturated heterocycles. The van der Waals surface area contributed by atoms with E-state index in [0.29, 0.717) is 22.2 Å². The van der Waals surface area contributed by atoms with Crippen molar-refractivity contribution in [2.75, 3.05) is 0 Å². The Kier molecular flexibility index (Phi) is 4.85. The highest BCUT2D eigenvalue weighted by atomic mass is 79.9. The second kappa shape index (κ2) is 6.62. The van der Waals surface area contributed by atoms with E-state index in [9.17, 15) is 18.9 Å². The molecule has 0 heterocycles. The van der Waals surface area contributed by atoms with Crippen molar-refractivity contribution in [1.29, 1.82) is 0 Å². The van der Waals surface area contributed by atoms with E-state index in [-0.39, 0.29) is 12.3 Å². The first kappa shape index (κ1) is 15.4. The summed E-state index contributed by atoms with van der Waals surface area (Å²) in [6, 6.07) is 7.25. The number of nitrogens with zero attached hydrogens (tertiary/aromatic N) is 1.